The Hall–Kier alpha value is -4.02. The van der Waals surface area contributed by atoms with Gasteiger partial charge in [0.1, 0.15) is 12.4 Å². The SMILES string of the molecule is CCN1CCc2nc(COc3nn4c(-c5cc(C)on5)nnc4cc3OC)ccc2C1=O. The molecule has 164 valence electrons. The first-order valence-corrected chi connectivity index (χ1v) is 10.2. The molecule has 4 aromatic rings. The van der Waals surface area contributed by atoms with Crippen LogP contribution in [0.5, 0.6) is 11.6 Å². The summed E-state index contributed by atoms with van der Waals surface area (Å²) in [6.07, 6.45) is 0.720. The monoisotopic (exact) mass is 435 g/mol. The van der Waals surface area contributed by atoms with Crippen LogP contribution in [0.4, 0.5) is 0 Å². The van der Waals surface area contributed by atoms with E-state index in [1.807, 2.05) is 17.9 Å². The van der Waals surface area contributed by atoms with Crippen molar-refractivity contribution < 1.29 is 18.8 Å². The van der Waals surface area contributed by atoms with Crippen LogP contribution in [0.25, 0.3) is 17.2 Å². The molecule has 11 nitrogen and oxygen atoms in total. The zero-order valence-corrected chi connectivity index (χ0v) is 17.9. The maximum Gasteiger partial charge on any atom is 0.275 e. The van der Waals surface area contributed by atoms with Gasteiger partial charge in [0.2, 0.25) is 5.82 Å². The van der Waals surface area contributed by atoms with Gasteiger partial charge >= 0.3 is 0 Å². The second-order valence-electron chi connectivity index (χ2n) is 7.35. The molecule has 0 bridgehead atoms. The lowest BCUT2D eigenvalue weighted by atomic mass is 10.0. The van der Waals surface area contributed by atoms with Crippen LogP contribution in [0.2, 0.25) is 0 Å². The van der Waals surface area contributed by atoms with E-state index in [9.17, 15) is 4.79 Å². The summed E-state index contributed by atoms with van der Waals surface area (Å²) in [7, 11) is 1.53. The van der Waals surface area contributed by atoms with Gasteiger partial charge in [0, 0.05) is 31.6 Å². The predicted molar refractivity (Wildman–Crippen MR) is 111 cm³/mol. The van der Waals surface area contributed by atoms with Gasteiger partial charge in [-0.2, -0.15) is 4.52 Å². The average molecular weight is 435 g/mol. The first-order valence-electron chi connectivity index (χ1n) is 10.2. The first kappa shape index (κ1) is 19.9. The number of likely N-dealkylation sites (N-methyl/N-ethyl adjacent to an activating group) is 1. The minimum absolute atomic E-state index is 0.0192. The van der Waals surface area contributed by atoms with E-state index < -0.39 is 0 Å². The third-order valence-corrected chi connectivity index (χ3v) is 5.31. The Kier molecular flexibility index (Phi) is 4.92. The molecular formula is C21H21N7O4. The highest BCUT2D eigenvalue weighted by Gasteiger charge is 2.24. The van der Waals surface area contributed by atoms with E-state index in [0.29, 0.717) is 53.0 Å². The van der Waals surface area contributed by atoms with Gasteiger partial charge in [0.15, 0.2) is 17.1 Å². The fraction of sp³-hybridized carbons (Fsp3) is 0.333. The Morgan fingerprint density at radius 3 is 2.84 bits per heavy atom. The summed E-state index contributed by atoms with van der Waals surface area (Å²) in [5.74, 6) is 1.77. The van der Waals surface area contributed by atoms with Crippen LogP contribution in [-0.2, 0) is 13.0 Å². The number of methoxy groups -OCH3 is 1. The molecule has 0 spiro atoms. The van der Waals surface area contributed by atoms with Gasteiger partial charge in [0.25, 0.3) is 11.8 Å². The van der Waals surface area contributed by atoms with Gasteiger partial charge in [-0.05, 0) is 26.0 Å². The van der Waals surface area contributed by atoms with Crippen molar-refractivity contribution in [2.45, 2.75) is 26.9 Å². The zero-order chi connectivity index (χ0) is 22.2. The lowest BCUT2D eigenvalue weighted by Gasteiger charge is -2.26. The van der Waals surface area contributed by atoms with Gasteiger partial charge in [0.05, 0.1) is 24.1 Å². The maximum atomic E-state index is 12.5. The van der Waals surface area contributed by atoms with Crippen molar-refractivity contribution in [1.82, 2.24) is 34.9 Å². The van der Waals surface area contributed by atoms with Crippen molar-refractivity contribution in [2.24, 2.45) is 0 Å². The van der Waals surface area contributed by atoms with Crippen molar-refractivity contribution in [2.75, 3.05) is 20.2 Å². The molecule has 1 aliphatic rings. The van der Waals surface area contributed by atoms with E-state index in [1.54, 1.807) is 25.1 Å². The van der Waals surface area contributed by atoms with E-state index in [-0.39, 0.29) is 18.4 Å². The number of hydrogen-bond donors (Lipinski definition) is 0. The van der Waals surface area contributed by atoms with Crippen LogP contribution < -0.4 is 9.47 Å². The van der Waals surface area contributed by atoms with Crippen LogP contribution in [0.1, 0.15) is 34.4 Å². The first-order chi connectivity index (χ1) is 15.6. The van der Waals surface area contributed by atoms with Gasteiger partial charge < -0.3 is 18.9 Å². The molecular weight excluding hydrogens is 414 g/mol. The lowest BCUT2D eigenvalue weighted by molar-refractivity contribution is 0.0747. The molecule has 0 unspecified atom stereocenters. The summed E-state index contributed by atoms with van der Waals surface area (Å²) in [5.41, 5.74) is 3.13. The third-order valence-electron chi connectivity index (χ3n) is 5.31. The largest absolute Gasteiger partial charge is 0.491 e. The molecule has 32 heavy (non-hydrogen) atoms. The van der Waals surface area contributed by atoms with Crippen molar-refractivity contribution in [3.8, 4) is 23.1 Å². The van der Waals surface area contributed by atoms with Crippen LogP contribution in [0, 0.1) is 6.92 Å². The number of carbonyl (C=O) groups is 1. The molecule has 0 aliphatic carbocycles. The minimum Gasteiger partial charge on any atom is -0.491 e. The number of aromatic nitrogens is 6. The van der Waals surface area contributed by atoms with Crippen molar-refractivity contribution in [1.29, 1.82) is 0 Å². The standard InChI is InChI=1S/C21H21N7O4/c1-4-27-8-7-15-14(21(27)29)6-5-13(22-15)11-31-20-17(30-3)10-18-23-24-19(28(18)25-20)16-9-12(2)32-26-16/h5-6,9-10H,4,7-8,11H2,1-3H3. The Morgan fingerprint density at radius 1 is 1.22 bits per heavy atom. The maximum absolute atomic E-state index is 12.5. The Bertz CT molecular complexity index is 1310. The summed E-state index contributed by atoms with van der Waals surface area (Å²) in [6, 6.07) is 7.04. The number of ether oxygens (including phenoxy) is 2. The fourth-order valence-electron chi connectivity index (χ4n) is 3.65. The van der Waals surface area contributed by atoms with Crippen LogP contribution in [-0.4, -0.2) is 61.0 Å². The smallest absolute Gasteiger partial charge is 0.275 e. The van der Waals surface area contributed by atoms with Crippen LogP contribution in [0.3, 0.4) is 0 Å². The van der Waals surface area contributed by atoms with E-state index in [2.05, 4.69) is 25.4 Å². The molecule has 5 heterocycles. The second kappa shape index (κ2) is 7.91. The number of aryl methyl sites for hydroxylation is 1. The van der Waals surface area contributed by atoms with Gasteiger partial charge in [-0.25, -0.2) is 0 Å². The number of fused-ring (bicyclic) bond motifs is 2. The number of amides is 1. The van der Waals surface area contributed by atoms with Gasteiger partial charge in [-0.15, -0.1) is 15.3 Å². The van der Waals surface area contributed by atoms with Crippen molar-refractivity contribution in [3.63, 3.8) is 0 Å². The number of nitrogens with zero attached hydrogens (tertiary/aromatic N) is 7. The normalized spacial score (nSPS) is 13.5. The topological polar surface area (TPSA) is 121 Å². The zero-order valence-electron chi connectivity index (χ0n) is 17.9. The quantitative estimate of drug-likeness (QED) is 0.448. The summed E-state index contributed by atoms with van der Waals surface area (Å²) in [4.78, 5) is 18.9. The summed E-state index contributed by atoms with van der Waals surface area (Å²) < 4.78 is 18.0. The molecule has 0 aromatic carbocycles. The van der Waals surface area contributed by atoms with Crippen molar-refractivity contribution in [3.05, 3.63) is 47.0 Å². The van der Waals surface area contributed by atoms with Crippen LogP contribution in [0.15, 0.2) is 28.8 Å². The third kappa shape index (κ3) is 3.41. The molecule has 5 rings (SSSR count). The number of pyridine rings is 1. The molecule has 0 atom stereocenters. The van der Waals surface area contributed by atoms with E-state index in [1.165, 1.54) is 11.6 Å². The summed E-state index contributed by atoms with van der Waals surface area (Å²) >= 11 is 0. The molecule has 1 amide bonds. The summed E-state index contributed by atoms with van der Waals surface area (Å²) in [6.45, 7) is 5.29. The fourth-order valence-corrected chi connectivity index (χ4v) is 3.65. The lowest BCUT2D eigenvalue weighted by Crippen LogP contribution is -2.37. The molecule has 1 aliphatic heterocycles. The minimum atomic E-state index is 0.0192. The molecule has 11 heteroatoms. The van der Waals surface area contributed by atoms with E-state index >= 15 is 0 Å². The van der Waals surface area contributed by atoms with Gasteiger partial charge in [-0.3, -0.25) is 9.78 Å². The Morgan fingerprint density at radius 2 is 2.09 bits per heavy atom. The van der Waals surface area contributed by atoms with Crippen molar-refractivity contribution >= 4 is 11.6 Å². The Labute approximate surface area is 183 Å². The predicted octanol–water partition coefficient (Wildman–Crippen LogP) is 2.09. The number of hydrogen-bond acceptors (Lipinski definition) is 9. The highest BCUT2D eigenvalue weighted by Crippen LogP contribution is 2.28. The van der Waals surface area contributed by atoms with Gasteiger partial charge in [-0.1, -0.05) is 5.16 Å². The van der Waals surface area contributed by atoms with E-state index in [0.717, 1.165) is 12.1 Å². The molecule has 0 saturated heterocycles. The molecule has 4 aromatic heterocycles. The van der Waals surface area contributed by atoms with Crippen LogP contribution >= 0.6 is 0 Å². The molecule has 0 saturated carbocycles. The van der Waals surface area contributed by atoms with E-state index in [4.69, 9.17) is 14.0 Å². The summed E-state index contributed by atoms with van der Waals surface area (Å²) in [5, 5.41) is 16.8. The highest BCUT2D eigenvalue weighted by molar-refractivity contribution is 5.96. The molecule has 0 N–H and O–H groups in total. The Balaban J connectivity index is 1.42. The average Bonchev–Trinajstić information content (AvgIpc) is 3.42. The second-order valence-corrected chi connectivity index (χ2v) is 7.35. The number of rotatable bonds is 6. The number of carbonyl (C=O) groups excluding carboxylic acids is 1. The highest BCUT2D eigenvalue weighted by atomic mass is 16.5. The molecule has 0 radical (unpaired) electrons. The molecule has 0 fully saturated rings.